The highest BCUT2D eigenvalue weighted by Gasteiger charge is 2.35. The molecule has 0 unspecified atom stereocenters. The van der Waals surface area contributed by atoms with Gasteiger partial charge in [0, 0.05) is 22.7 Å². The molecular formula is C20H19FN2O2. The second-order valence-electron chi connectivity index (χ2n) is 6.67. The largest absolute Gasteiger partial charge is 0.393 e. The van der Waals surface area contributed by atoms with Crippen molar-refractivity contribution in [1.29, 1.82) is 0 Å². The first kappa shape index (κ1) is 15.8. The third kappa shape index (κ3) is 3.15. The minimum absolute atomic E-state index is 0.153. The number of aliphatic hydroxyl groups is 1. The Kier molecular flexibility index (Phi) is 4.01. The Bertz CT molecular complexity index is 897. The van der Waals surface area contributed by atoms with Gasteiger partial charge in [0.15, 0.2) is 0 Å². The summed E-state index contributed by atoms with van der Waals surface area (Å²) in [5, 5.41) is 13.7. The molecule has 0 saturated heterocycles. The molecule has 1 saturated carbocycles. The van der Waals surface area contributed by atoms with Crippen molar-refractivity contribution < 1.29 is 14.3 Å². The van der Waals surface area contributed by atoms with Crippen LogP contribution in [0.5, 0.6) is 0 Å². The van der Waals surface area contributed by atoms with Gasteiger partial charge in [0.25, 0.3) is 5.91 Å². The van der Waals surface area contributed by atoms with Crippen LogP contribution >= 0.6 is 0 Å². The van der Waals surface area contributed by atoms with Crippen LogP contribution in [0.2, 0.25) is 0 Å². The fourth-order valence-corrected chi connectivity index (χ4v) is 3.46. The number of aromatic nitrogens is 1. The molecule has 0 spiro atoms. The number of hydrogen-bond acceptors (Lipinski definition) is 2. The number of benzene rings is 2. The van der Waals surface area contributed by atoms with Gasteiger partial charge in [-0.25, -0.2) is 4.39 Å². The zero-order valence-corrected chi connectivity index (χ0v) is 13.6. The van der Waals surface area contributed by atoms with Gasteiger partial charge < -0.3 is 15.4 Å². The highest BCUT2D eigenvalue weighted by Crippen LogP contribution is 2.38. The van der Waals surface area contributed by atoms with E-state index in [-0.39, 0.29) is 29.8 Å². The van der Waals surface area contributed by atoms with E-state index in [0.717, 1.165) is 16.5 Å². The number of rotatable bonds is 4. The average Bonchev–Trinajstić information content (AvgIpc) is 3.05. The molecule has 1 fully saturated rings. The van der Waals surface area contributed by atoms with E-state index in [1.807, 2.05) is 24.4 Å². The molecule has 0 bridgehead atoms. The number of fused-ring (bicyclic) bond motifs is 1. The van der Waals surface area contributed by atoms with Crippen LogP contribution in [0.15, 0.2) is 54.7 Å². The van der Waals surface area contributed by atoms with Gasteiger partial charge in [-0.05, 0) is 60.7 Å². The number of aromatic amines is 1. The van der Waals surface area contributed by atoms with Crippen LogP contribution in [-0.2, 0) is 0 Å². The van der Waals surface area contributed by atoms with E-state index < -0.39 is 0 Å². The average molecular weight is 338 g/mol. The summed E-state index contributed by atoms with van der Waals surface area (Å²) >= 11 is 0. The lowest BCUT2D eigenvalue weighted by Crippen LogP contribution is -2.41. The fraction of sp³-hybridized carbons (Fsp3) is 0.250. The van der Waals surface area contributed by atoms with Crippen LogP contribution in [-0.4, -0.2) is 22.1 Å². The molecule has 1 heterocycles. The van der Waals surface area contributed by atoms with Gasteiger partial charge >= 0.3 is 0 Å². The normalized spacial score (nSPS) is 20.9. The molecule has 1 aliphatic carbocycles. The first-order valence-corrected chi connectivity index (χ1v) is 8.42. The van der Waals surface area contributed by atoms with Gasteiger partial charge in [0.05, 0.1) is 12.1 Å². The van der Waals surface area contributed by atoms with E-state index in [1.54, 1.807) is 18.2 Å². The van der Waals surface area contributed by atoms with Crippen molar-refractivity contribution in [2.24, 2.45) is 5.92 Å². The van der Waals surface area contributed by atoms with Crippen molar-refractivity contribution in [1.82, 2.24) is 10.3 Å². The van der Waals surface area contributed by atoms with Crippen LogP contribution < -0.4 is 5.32 Å². The minimum Gasteiger partial charge on any atom is -0.393 e. The topological polar surface area (TPSA) is 65.1 Å². The molecule has 1 aromatic heterocycles. The predicted molar refractivity (Wildman–Crippen MR) is 93.6 cm³/mol. The monoisotopic (exact) mass is 338 g/mol. The smallest absolute Gasteiger partial charge is 0.251 e. The lowest BCUT2D eigenvalue weighted by molar-refractivity contribution is 0.0235. The third-order valence-corrected chi connectivity index (χ3v) is 4.95. The Labute approximate surface area is 144 Å². The Balaban J connectivity index is 1.58. The van der Waals surface area contributed by atoms with Crippen molar-refractivity contribution in [3.05, 3.63) is 71.7 Å². The zero-order chi connectivity index (χ0) is 17.4. The quantitative estimate of drug-likeness (QED) is 0.681. The Hall–Kier alpha value is -2.66. The van der Waals surface area contributed by atoms with Crippen LogP contribution in [0.3, 0.4) is 0 Å². The highest BCUT2D eigenvalue weighted by atomic mass is 19.1. The molecule has 1 atom stereocenters. The minimum atomic E-state index is -0.318. The number of H-pyrrole nitrogens is 1. The summed E-state index contributed by atoms with van der Waals surface area (Å²) in [6, 6.07) is 13.4. The molecule has 4 nitrogen and oxygen atoms in total. The molecule has 3 N–H and O–H groups in total. The van der Waals surface area contributed by atoms with Gasteiger partial charge in [-0.15, -0.1) is 0 Å². The first-order chi connectivity index (χ1) is 12.1. The van der Waals surface area contributed by atoms with Gasteiger partial charge in [-0.1, -0.05) is 12.1 Å². The second-order valence-corrected chi connectivity index (χ2v) is 6.67. The summed E-state index contributed by atoms with van der Waals surface area (Å²) in [6.45, 7) is 0. The van der Waals surface area contributed by atoms with Gasteiger partial charge in [0.1, 0.15) is 5.82 Å². The first-order valence-electron chi connectivity index (χ1n) is 8.42. The fourth-order valence-electron chi connectivity index (χ4n) is 3.46. The second kappa shape index (κ2) is 6.33. The molecule has 5 heteroatoms. The number of aliphatic hydroxyl groups excluding tert-OH is 1. The maximum Gasteiger partial charge on any atom is 0.251 e. The van der Waals surface area contributed by atoms with E-state index in [2.05, 4.69) is 10.3 Å². The summed E-state index contributed by atoms with van der Waals surface area (Å²) < 4.78 is 13.2. The standard InChI is InChI=1S/C20H19FN2O2/c21-16-4-1-12(2-5-16)19(15-10-17(24)11-15)23-20(25)14-3-6-18-13(9-14)7-8-22-18/h1-9,15,17,19,22,24H,10-11H2,(H,23,25)/t15?,17?,19-/m1/s1. The summed E-state index contributed by atoms with van der Waals surface area (Å²) in [5.41, 5.74) is 2.42. The maximum absolute atomic E-state index is 13.2. The van der Waals surface area contributed by atoms with E-state index in [9.17, 15) is 14.3 Å². The lowest BCUT2D eigenvalue weighted by Gasteiger charge is -2.38. The van der Waals surface area contributed by atoms with Crippen molar-refractivity contribution in [3.63, 3.8) is 0 Å². The number of amides is 1. The highest BCUT2D eigenvalue weighted by molar-refractivity contribution is 5.98. The molecule has 3 aromatic rings. The van der Waals surface area contributed by atoms with Crippen LogP contribution in [0.25, 0.3) is 10.9 Å². The molecule has 128 valence electrons. The van der Waals surface area contributed by atoms with Crippen LogP contribution in [0.4, 0.5) is 4.39 Å². The van der Waals surface area contributed by atoms with Gasteiger partial charge in [-0.2, -0.15) is 0 Å². The summed E-state index contributed by atoms with van der Waals surface area (Å²) in [6.07, 6.45) is 2.79. The Morgan fingerprint density at radius 3 is 2.64 bits per heavy atom. The maximum atomic E-state index is 13.2. The molecule has 2 aromatic carbocycles. The number of carbonyl (C=O) groups excluding carboxylic acids is 1. The molecule has 0 radical (unpaired) electrons. The number of hydrogen-bond donors (Lipinski definition) is 3. The molecule has 25 heavy (non-hydrogen) atoms. The van der Waals surface area contributed by atoms with E-state index >= 15 is 0 Å². The lowest BCUT2D eigenvalue weighted by atomic mass is 9.75. The summed E-state index contributed by atoms with van der Waals surface area (Å²) in [4.78, 5) is 15.8. The summed E-state index contributed by atoms with van der Waals surface area (Å²) in [7, 11) is 0. The van der Waals surface area contributed by atoms with Crippen LogP contribution in [0.1, 0.15) is 34.8 Å². The molecule has 4 rings (SSSR count). The van der Waals surface area contributed by atoms with Crippen molar-refractivity contribution in [2.45, 2.75) is 25.0 Å². The van der Waals surface area contributed by atoms with Crippen molar-refractivity contribution in [3.8, 4) is 0 Å². The molecule has 0 aliphatic heterocycles. The zero-order valence-electron chi connectivity index (χ0n) is 13.6. The molecule has 1 aliphatic rings. The van der Waals surface area contributed by atoms with Crippen molar-refractivity contribution in [2.75, 3.05) is 0 Å². The van der Waals surface area contributed by atoms with Crippen molar-refractivity contribution >= 4 is 16.8 Å². The SMILES string of the molecule is O=C(N[C@H](c1ccc(F)cc1)C1CC(O)C1)c1ccc2[nH]ccc2c1. The van der Waals surface area contributed by atoms with Gasteiger partial charge in [0.2, 0.25) is 0 Å². The van der Waals surface area contributed by atoms with Crippen LogP contribution in [0, 0.1) is 11.7 Å². The Morgan fingerprint density at radius 1 is 1.16 bits per heavy atom. The number of nitrogens with one attached hydrogen (secondary N) is 2. The number of halogens is 1. The molecular weight excluding hydrogens is 319 g/mol. The molecule has 1 amide bonds. The predicted octanol–water partition coefficient (Wildman–Crippen LogP) is 3.55. The van der Waals surface area contributed by atoms with E-state index in [0.29, 0.717) is 18.4 Å². The van der Waals surface area contributed by atoms with E-state index in [1.165, 1.54) is 12.1 Å². The Morgan fingerprint density at radius 2 is 1.92 bits per heavy atom. The number of carbonyl (C=O) groups is 1. The summed E-state index contributed by atoms with van der Waals surface area (Å²) in [5.74, 6) is -0.320. The third-order valence-electron chi connectivity index (χ3n) is 4.95. The van der Waals surface area contributed by atoms with E-state index in [4.69, 9.17) is 0 Å². The van der Waals surface area contributed by atoms with Gasteiger partial charge in [-0.3, -0.25) is 4.79 Å².